The second-order valence-corrected chi connectivity index (χ2v) is 14.5. The molecule has 0 bridgehead atoms. The molecule has 1 aromatic carbocycles. The Morgan fingerprint density at radius 2 is 1.89 bits per heavy atom. The number of phenolic OH excluding ortho intramolecular Hbond substituents is 1. The van der Waals surface area contributed by atoms with Crippen LogP contribution >= 0.6 is 58.2 Å². The maximum Gasteiger partial charge on any atom is 0.358 e. The van der Waals surface area contributed by atoms with Gasteiger partial charge in [-0.1, -0.05) is 28.5 Å². The lowest BCUT2D eigenvalue weighted by molar-refractivity contribution is -0.150. The molecular formula is C25H20N6O11S5. The zero-order chi connectivity index (χ0) is 34.0. The third-order valence-corrected chi connectivity index (χ3v) is 11.6. The smallest absolute Gasteiger partial charge is 0.358 e. The van der Waals surface area contributed by atoms with Crippen LogP contribution in [-0.4, -0.2) is 98.5 Å². The molecule has 2 aliphatic rings. The lowest BCUT2D eigenvalue weighted by Gasteiger charge is -2.49. The summed E-state index contributed by atoms with van der Waals surface area (Å²) < 4.78 is 2.48. The molecule has 2 aromatic heterocycles. The minimum Gasteiger partial charge on any atom is -0.508 e. The molecule has 8 N–H and O–H groups in total. The van der Waals surface area contributed by atoms with E-state index in [2.05, 4.69) is 19.8 Å². The monoisotopic (exact) mass is 740 g/mol. The number of benzene rings is 1. The Morgan fingerprint density at radius 1 is 1.17 bits per heavy atom. The molecular weight excluding hydrogens is 721 g/mol. The number of aromatic carboxylic acids is 1. The Kier molecular flexibility index (Phi) is 10.1. The van der Waals surface area contributed by atoms with Gasteiger partial charge in [-0.3, -0.25) is 23.7 Å². The highest BCUT2D eigenvalue weighted by Crippen LogP contribution is 2.42. The third kappa shape index (κ3) is 7.25. The number of aromatic hydroxyl groups is 1. The van der Waals surface area contributed by atoms with Gasteiger partial charge < -0.3 is 36.3 Å². The summed E-state index contributed by atoms with van der Waals surface area (Å²) in [5.74, 6) is -5.95. The number of hydrogen-bond donors (Lipinski definition) is 7. The van der Waals surface area contributed by atoms with Crippen LogP contribution in [0.4, 0.5) is 5.13 Å². The lowest BCUT2D eigenvalue weighted by Crippen LogP contribution is -2.71. The highest BCUT2D eigenvalue weighted by molar-refractivity contribution is 8.02. The first-order chi connectivity index (χ1) is 22.3. The van der Waals surface area contributed by atoms with Gasteiger partial charge in [0.05, 0.1) is 4.21 Å². The van der Waals surface area contributed by atoms with Crippen LogP contribution in [0, 0.1) is 0 Å². The second kappa shape index (κ2) is 14.1. The van der Waals surface area contributed by atoms with Gasteiger partial charge in [0, 0.05) is 21.8 Å². The van der Waals surface area contributed by atoms with Crippen LogP contribution in [-0.2, 0) is 24.0 Å². The molecule has 0 radical (unpaired) electrons. The van der Waals surface area contributed by atoms with Gasteiger partial charge in [-0.2, -0.15) is 0 Å². The number of thiazole rings is 1. The number of fused-ring (bicyclic) bond motifs is 1. The number of β-lactam (4-membered cyclic amide) rings is 1. The molecule has 2 aliphatic heterocycles. The summed E-state index contributed by atoms with van der Waals surface area (Å²) in [6.45, 7) is 0. The molecule has 0 saturated carbocycles. The number of aliphatic carboxylic acids is 2. The van der Waals surface area contributed by atoms with E-state index in [0.29, 0.717) is 10.5 Å². The van der Waals surface area contributed by atoms with Crippen molar-refractivity contribution < 1.29 is 49.2 Å². The number of oxime groups is 1. The molecule has 3 aromatic rings. The van der Waals surface area contributed by atoms with E-state index in [1.54, 1.807) is 0 Å². The number of nitrogen functional groups attached to an aromatic ring is 1. The molecule has 1 fully saturated rings. The van der Waals surface area contributed by atoms with Gasteiger partial charge in [0.25, 0.3) is 22.8 Å². The summed E-state index contributed by atoms with van der Waals surface area (Å²) >= 11 is 4.58. The summed E-state index contributed by atoms with van der Waals surface area (Å²) in [5, 5.41) is 45.3. The number of rotatable bonds is 13. The highest BCUT2D eigenvalue weighted by Gasteiger charge is 2.54. The molecule has 47 heavy (non-hydrogen) atoms. The van der Waals surface area contributed by atoms with Crippen molar-refractivity contribution >= 4 is 98.7 Å². The molecule has 3 atom stereocenters. The average Bonchev–Trinajstić information content (AvgIpc) is 3.63. The summed E-state index contributed by atoms with van der Waals surface area (Å²) in [6.07, 6.45) is 0. The molecule has 5 rings (SSSR count). The number of carboxylic acids is 3. The fourth-order valence-corrected chi connectivity index (χ4v) is 8.92. The molecule has 22 heteroatoms. The van der Waals surface area contributed by atoms with Gasteiger partial charge in [-0.15, -0.1) is 34.9 Å². The van der Waals surface area contributed by atoms with Crippen LogP contribution in [0.15, 0.2) is 60.0 Å². The molecule has 4 heterocycles. The van der Waals surface area contributed by atoms with Crippen LogP contribution < -0.4 is 16.6 Å². The van der Waals surface area contributed by atoms with Crippen molar-refractivity contribution in [1.29, 1.82) is 0 Å². The molecule has 0 spiro atoms. The largest absolute Gasteiger partial charge is 0.508 e. The number of phenols is 1. The lowest BCUT2D eigenvalue weighted by atomic mass is 10.0. The molecule has 1 saturated heterocycles. The fourth-order valence-electron chi connectivity index (χ4n) is 4.20. The van der Waals surface area contributed by atoms with E-state index >= 15 is 0 Å². The van der Waals surface area contributed by atoms with Crippen molar-refractivity contribution in [3.8, 4) is 5.75 Å². The Balaban J connectivity index is 1.33. The number of aromatic amines is 1. The predicted octanol–water partition coefficient (Wildman–Crippen LogP) is 1.33. The number of nitrogens with two attached hydrogens (primary N) is 1. The van der Waals surface area contributed by atoms with E-state index < -0.39 is 63.4 Å². The average molecular weight is 741 g/mol. The molecule has 0 aliphatic carbocycles. The maximum absolute atomic E-state index is 13.4. The molecule has 17 nitrogen and oxygen atoms in total. The summed E-state index contributed by atoms with van der Waals surface area (Å²) in [7, 11) is 0. The first kappa shape index (κ1) is 33.8. The van der Waals surface area contributed by atoms with Crippen LogP contribution in [0.2, 0.25) is 0 Å². The number of nitrogens with zero attached hydrogens (tertiary/aromatic N) is 3. The summed E-state index contributed by atoms with van der Waals surface area (Å²) in [4.78, 5) is 84.6. The number of nitrogens with one attached hydrogen (secondary N) is 2. The van der Waals surface area contributed by atoms with E-state index in [0.717, 1.165) is 63.1 Å². The summed E-state index contributed by atoms with van der Waals surface area (Å²) in [6, 6.07) is 4.39. The van der Waals surface area contributed by atoms with Crippen LogP contribution in [0.25, 0.3) is 0 Å². The quantitative estimate of drug-likeness (QED) is 0.0428. The number of thioether (sulfide) groups is 3. The van der Waals surface area contributed by atoms with Gasteiger partial charge in [0.1, 0.15) is 28.6 Å². The van der Waals surface area contributed by atoms with Crippen LogP contribution in [0.5, 0.6) is 5.75 Å². The number of carboxylic acid groups (broad SMARTS) is 3. The zero-order valence-corrected chi connectivity index (χ0v) is 27.2. The van der Waals surface area contributed by atoms with Gasteiger partial charge >= 0.3 is 17.9 Å². The van der Waals surface area contributed by atoms with E-state index in [-0.39, 0.29) is 38.0 Å². The van der Waals surface area contributed by atoms with E-state index in [1.165, 1.54) is 29.6 Å². The second-order valence-electron chi connectivity index (χ2n) is 9.31. The predicted molar refractivity (Wildman–Crippen MR) is 172 cm³/mol. The first-order valence-corrected chi connectivity index (χ1v) is 17.4. The number of carbonyl (C=O) groups excluding carboxylic acids is 2. The number of amides is 2. The van der Waals surface area contributed by atoms with Crippen LogP contribution in [0.1, 0.15) is 16.1 Å². The van der Waals surface area contributed by atoms with Gasteiger partial charge in [-0.25, -0.2) is 19.4 Å². The third-order valence-electron chi connectivity index (χ3n) is 6.30. The van der Waals surface area contributed by atoms with Crippen molar-refractivity contribution in [1.82, 2.24) is 19.6 Å². The van der Waals surface area contributed by atoms with E-state index in [1.807, 2.05) is 0 Å². The van der Waals surface area contributed by atoms with Crippen LogP contribution in [0.3, 0.4) is 0 Å². The normalized spacial score (nSPS) is 18.3. The van der Waals surface area contributed by atoms with E-state index in [9.17, 15) is 49.2 Å². The zero-order valence-electron chi connectivity index (χ0n) is 23.1. The molecule has 0 unspecified atom stereocenters. The summed E-state index contributed by atoms with van der Waals surface area (Å²) in [5.41, 5.74) is 2.26. The van der Waals surface area contributed by atoms with Gasteiger partial charge in [-0.05, 0) is 29.8 Å². The van der Waals surface area contributed by atoms with Crippen molar-refractivity contribution in [3.63, 3.8) is 0 Å². The number of aromatic nitrogens is 2. The van der Waals surface area contributed by atoms with Crippen molar-refractivity contribution in [3.05, 3.63) is 62.5 Å². The number of carbonyl (C=O) groups is 5. The Hall–Kier alpha value is -4.51. The topological polar surface area (TPSA) is 275 Å². The molecule has 2 amide bonds. The molecule has 246 valence electrons. The SMILES string of the molecule is Nc1nc(/C(=N/O[C@H](Sc2ccc(O)cc2)C(=O)O)C(=O)N[C@@H]2C(=O)N3C(C(=O)O)=C(CSc4s[nH]c(=O)c4C(=O)O)CS[C@@H]23)cs1. The standard InChI is InChI=1S/C25H20N6O11S5/c26-25-27-11(7-45-25)13(29-42-23(22(40)41)46-10-3-1-9(32)2-4-10)17(34)28-14-18(35)31-15(21(38)39)8(5-43-19(14)31)6-44-24-12(20(36)37)16(33)30-47-24/h1-4,7,14,19,23,32H,5-6H2,(H2,26,27)(H,28,34)(H,30,33)(H,36,37)(H,38,39)(H,40,41)/b29-13-/t14-,19+,23-/m1/s1. The minimum atomic E-state index is -1.63. The van der Waals surface area contributed by atoms with Crippen molar-refractivity contribution in [2.75, 3.05) is 17.2 Å². The number of anilines is 1. The van der Waals surface area contributed by atoms with Gasteiger partial charge in [0.15, 0.2) is 16.4 Å². The fraction of sp³-hybridized carbons (Fsp3) is 0.200. The van der Waals surface area contributed by atoms with Gasteiger partial charge in [0.2, 0.25) is 0 Å². The Morgan fingerprint density at radius 3 is 2.51 bits per heavy atom. The number of hydrogen-bond acceptors (Lipinski definition) is 16. The Labute approximate surface area is 283 Å². The minimum absolute atomic E-state index is 0.0253. The number of H-pyrrole nitrogens is 1. The maximum atomic E-state index is 13.4. The van der Waals surface area contributed by atoms with E-state index in [4.69, 9.17) is 10.6 Å². The van der Waals surface area contributed by atoms with Crippen molar-refractivity contribution in [2.45, 2.75) is 26.0 Å². The Bertz CT molecular complexity index is 1890. The highest BCUT2D eigenvalue weighted by atomic mass is 32.2. The first-order valence-electron chi connectivity index (χ1n) is 12.8. The van der Waals surface area contributed by atoms with Crippen molar-refractivity contribution in [2.24, 2.45) is 5.16 Å².